The molecule has 0 spiro atoms. The smallest absolute Gasteiger partial charge is 0.410 e. The Labute approximate surface area is 71.4 Å². The third-order valence-electron chi connectivity index (χ3n) is 2.63. The van der Waals surface area contributed by atoms with Crippen molar-refractivity contribution in [2.45, 2.75) is 25.0 Å². The van der Waals surface area contributed by atoms with Gasteiger partial charge in [0, 0.05) is 13.7 Å². The van der Waals surface area contributed by atoms with Gasteiger partial charge in [0.05, 0.1) is 12.1 Å². The second-order valence-electron chi connectivity index (χ2n) is 3.31. The number of cyclic esters (lactones) is 1. The standard InChI is InChI=1S/C8H13NO3/c1-11-7-2-3-9-6(4-7)5-12-8(9)10/h6-7H,2-5H2,1H3/t6-,7-/m0/s1. The van der Waals surface area contributed by atoms with Gasteiger partial charge in [0.2, 0.25) is 0 Å². The first-order valence-corrected chi connectivity index (χ1v) is 4.27. The average molecular weight is 171 g/mol. The van der Waals surface area contributed by atoms with E-state index in [-0.39, 0.29) is 12.1 Å². The van der Waals surface area contributed by atoms with E-state index in [1.54, 1.807) is 12.0 Å². The van der Waals surface area contributed by atoms with Crippen LogP contribution in [0.3, 0.4) is 0 Å². The molecule has 0 radical (unpaired) electrons. The van der Waals surface area contributed by atoms with Crippen LogP contribution < -0.4 is 0 Å². The lowest BCUT2D eigenvalue weighted by molar-refractivity contribution is 0.0364. The van der Waals surface area contributed by atoms with E-state index < -0.39 is 0 Å². The van der Waals surface area contributed by atoms with Crippen LogP contribution in [0.25, 0.3) is 0 Å². The van der Waals surface area contributed by atoms with Gasteiger partial charge in [-0.05, 0) is 12.8 Å². The van der Waals surface area contributed by atoms with Crippen LogP contribution in [0.2, 0.25) is 0 Å². The minimum Gasteiger partial charge on any atom is -0.447 e. The molecule has 0 saturated carbocycles. The van der Waals surface area contributed by atoms with E-state index in [0.717, 1.165) is 19.4 Å². The molecule has 2 atom stereocenters. The summed E-state index contributed by atoms with van der Waals surface area (Å²) in [4.78, 5) is 12.9. The molecule has 68 valence electrons. The van der Waals surface area contributed by atoms with Gasteiger partial charge in [0.25, 0.3) is 0 Å². The Hall–Kier alpha value is -0.770. The van der Waals surface area contributed by atoms with Gasteiger partial charge in [-0.3, -0.25) is 0 Å². The van der Waals surface area contributed by atoms with Crippen molar-refractivity contribution in [2.24, 2.45) is 0 Å². The van der Waals surface area contributed by atoms with Crippen LogP contribution >= 0.6 is 0 Å². The van der Waals surface area contributed by atoms with Crippen LogP contribution in [0, 0.1) is 0 Å². The van der Waals surface area contributed by atoms with Crippen molar-refractivity contribution in [2.75, 3.05) is 20.3 Å². The molecular formula is C8H13NO3. The zero-order valence-corrected chi connectivity index (χ0v) is 7.16. The molecule has 0 aromatic rings. The highest BCUT2D eigenvalue weighted by Crippen LogP contribution is 2.24. The number of hydrogen-bond acceptors (Lipinski definition) is 3. The van der Waals surface area contributed by atoms with Gasteiger partial charge in [-0.2, -0.15) is 0 Å². The Morgan fingerprint density at radius 1 is 1.67 bits per heavy atom. The van der Waals surface area contributed by atoms with Crippen molar-refractivity contribution in [3.8, 4) is 0 Å². The van der Waals surface area contributed by atoms with E-state index >= 15 is 0 Å². The number of ether oxygens (including phenoxy) is 2. The number of nitrogens with zero attached hydrogens (tertiary/aromatic N) is 1. The lowest BCUT2D eigenvalue weighted by Crippen LogP contribution is -2.43. The first-order chi connectivity index (χ1) is 5.81. The van der Waals surface area contributed by atoms with Crippen LogP contribution in [0.1, 0.15) is 12.8 Å². The van der Waals surface area contributed by atoms with Crippen molar-refractivity contribution < 1.29 is 14.3 Å². The second-order valence-corrected chi connectivity index (χ2v) is 3.31. The summed E-state index contributed by atoms with van der Waals surface area (Å²) in [6.07, 6.45) is 2.00. The molecule has 4 heteroatoms. The molecule has 2 aliphatic heterocycles. The number of hydrogen-bond donors (Lipinski definition) is 0. The van der Waals surface area contributed by atoms with Gasteiger partial charge in [0.15, 0.2) is 0 Å². The van der Waals surface area contributed by atoms with Crippen molar-refractivity contribution in [3.05, 3.63) is 0 Å². The molecular weight excluding hydrogens is 158 g/mol. The van der Waals surface area contributed by atoms with E-state index in [0.29, 0.717) is 12.7 Å². The summed E-state index contributed by atoms with van der Waals surface area (Å²) in [6.45, 7) is 1.32. The molecule has 0 aliphatic carbocycles. The normalized spacial score (nSPS) is 34.8. The molecule has 0 aromatic heterocycles. The molecule has 0 aromatic carbocycles. The van der Waals surface area contributed by atoms with Crippen LogP contribution in [0.5, 0.6) is 0 Å². The molecule has 4 nitrogen and oxygen atoms in total. The number of rotatable bonds is 1. The van der Waals surface area contributed by atoms with Crippen LogP contribution in [-0.2, 0) is 9.47 Å². The van der Waals surface area contributed by atoms with Gasteiger partial charge < -0.3 is 14.4 Å². The summed E-state index contributed by atoms with van der Waals surface area (Å²) in [5.41, 5.74) is 0. The summed E-state index contributed by atoms with van der Waals surface area (Å²) in [7, 11) is 1.72. The third kappa shape index (κ3) is 1.16. The highest BCUT2D eigenvalue weighted by atomic mass is 16.6. The second kappa shape index (κ2) is 2.94. The first-order valence-electron chi connectivity index (χ1n) is 4.27. The Balaban J connectivity index is 1.99. The fourth-order valence-corrected chi connectivity index (χ4v) is 1.88. The number of carbonyl (C=O) groups is 1. The number of fused-ring (bicyclic) bond motifs is 1. The minimum absolute atomic E-state index is 0.158. The molecule has 12 heavy (non-hydrogen) atoms. The maximum Gasteiger partial charge on any atom is 0.410 e. The predicted molar refractivity (Wildman–Crippen MR) is 41.9 cm³/mol. The quantitative estimate of drug-likeness (QED) is 0.580. The largest absolute Gasteiger partial charge is 0.447 e. The lowest BCUT2D eigenvalue weighted by atomic mass is 10.0. The van der Waals surface area contributed by atoms with E-state index in [9.17, 15) is 4.79 Å². The number of piperidine rings is 1. The molecule has 1 amide bonds. The van der Waals surface area contributed by atoms with Crippen molar-refractivity contribution >= 4 is 6.09 Å². The van der Waals surface area contributed by atoms with E-state index in [1.165, 1.54) is 0 Å². The molecule has 2 aliphatic rings. The van der Waals surface area contributed by atoms with Gasteiger partial charge in [-0.1, -0.05) is 0 Å². The average Bonchev–Trinajstić information content (AvgIpc) is 2.47. The monoisotopic (exact) mass is 171 g/mol. The molecule has 2 rings (SSSR count). The highest BCUT2D eigenvalue weighted by molar-refractivity contribution is 5.70. The molecule has 2 heterocycles. The van der Waals surface area contributed by atoms with Gasteiger partial charge in [-0.15, -0.1) is 0 Å². The van der Waals surface area contributed by atoms with E-state index in [1.807, 2.05) is 0 Å². The van der Waals surface area contributed by atoms with Crippen molar-refractivity contribution in [1.82, 2.24) is 4.90 Å². The Bertz CT molecular complexity index is 195. The summed E-state index contributed by atoms with van der Waals surface area (Å²) in [5, 5.41) is 0. The summed E-state index contributed by atoms with van der Waals surface area (Å²) in [5.74, 6) is 0. The zero-order valence-electron chi connectivity index (χ0n) is 7.16. The fraction of sp³-hybridized carbons (Fsp3) is 0.875. The molecule has 2 saturated heterocycles. The lowest BCUT2D eigenvalue weighted by Gasteiger charge is -2.31. The minimum atomic E-state index is -0.158. The first kappa shape index (κ1) is 7.86. The van der Waals surface area contributed by atoms with Gasteiger partial charge in [0.1, 0.15) is 6.61 Å². The summed E-state index contributed by atoms with van der Waals surface area (Å²) >= 11 is 0. The molecule has 2 fully saturated rings. The SMILES string of the molecule is CO[C@H]1CCN2C(=O)OC[C@@H]2C1. The number of amides is 1. The zero-order chi connectivity index (χ0) is 8.55. The molecule has 0 unspecified atom stereocenters. The molecule has 0 bridgehead atoms. The fourth-order valence-electron chi connectivity index (χ4n) is 1.88. The van der Waals surface area contributed by atoms with Crippen LogP contribution in [0.4, 0.5) is 4.79 Å². The number of carbonyl (C=O) groups excluding carboxylic acids is 1. The van der Waals surface area contributed by atoms with Gasteiger partial charge >= 0.3 is 6.09 Å². The predicted octanol–water partition coefficient (Wildman–Crippen LogP) is 0.616. The third-order valence-corrected chi connectivity index (χ3v) is 2.63. The van der Waals surface area contributed by atoms with Crippen molar-refractivity contribution in [1.29, 1.82) is 0 Å². The van der Waals surface area contributed by atoms with E-state index in [2.05, 4.69) is 0 Å². The Morgan fingerprint density at radius 3 is 3.25 bits per heavy atom. The van der Waals surface area contributed by atoms with Crippen molar-refractivity contribution in [3.63, 3.8) is 0 Å². The maximum absolute atomic E-state index is 11.1. The number of methoxy groups -OCH3 is 1. The van der Waals surface area contributed by atoms with E-state index in [4.69, 9.17) is 9.47 Å². The Kier molecular flexibility index (Phi) is 1.92. The van der Waals surface area contributed by atoms with Gasteiger partial charge in [-0.25, -0.2) is 4.79 Å². The molecule has 0 N–H and O–H groups in total. The van der Waals surface area contributed by atoms with Crippen LogP contribution in [0.15, 0.2) is 0 Å². The maximum atomic E-state index is 11.1. The summed E-state index contributed by atoms with van der Waals surface area (Å²) in [6, 6.07) is 0.260. The topological polar surface area (TPSA) is 38.8 Å². The highest BCUT2D eigenvalue weighted by Gasteiger charge is 2.37. The summed E-state index contributed by atoms with van der Waals surface area (Å²) < 4.78 is 10.2. The van der Waals surface area contributed by atoms with Crippen LogP contribution in [-0.4, -0.2) is 43.4 Å². The Morgan fingerprint density at radius 2 is 2.50 bits per heavy atom.